The summed E-state index contributed by atoms with van der Waals surface area (Å²) in [6, 6.07) is 4.10. The van der Waals surface area contributed by atoms with Crippen molar-refractivity contribution in [2.24, 2.45) is 0 Å². The van der Waals surface area contributed by atoms with Gasteiger partial charge < -0.3 is 20.1 Å². The Morgan fingerprint density at radius 2 is 1.96 bits per heavy atom. The lowest BCUT2D eigenvalue weighted by molar-refractivity contribution is -0.274. The topological polar surface area (TPSA) is 73.8 Å². The fraction of sp³-hybridized carbons (Fsp3) is 0.412. The Morgan fingerprint density at radius 1 is 1.25 bits per heavy atom. The second-order valence-electron chi connectivity index (χ2n) is 6.34. The Balaban J connectivity index is 1.89. The number of nitrogens with zero attached hydrogens (tertiary/aromatic N) is 4. The van der Waals surface area contributed by atoms with Crippen LogP contribution in [-0.4, -0.2) is 65.7 Å². The van der Waals surface area contributed by atoms with Gasteiger partial charge in [-0.2, -0.15) is 0 Å². The van der Waals surface area contributed by atoms with E-state index in [4.69, 9.17) is 0 Å². The standard InChI is InChI=1S/C17H19F4N5O2/c1-25-4-5-26(9-13(25)10-27)12-2-3-15(28-17(19,20)21)14(6-12)24-16-22-7-11(18)8-23-16/h2-3,6-8,13,27H,4-5,9-10H2,1H3,(H,22,23,24). The van der Waals surface area contributed by atoms with Crippen LogP contribution < -0.4 is 15.0 Å². The van der Waals surface area contributed by atoms with E-state index < -0.39 is 17.9 Å². The SMILES string of the molecule is CN1CCN(c2ccc(OC(F)(F)F)c(Nc3ncc(F)cn3)c2)CC1CO. The molecule has 0 spiro atoms. The summed E-state index contributed by atoms with van der Waals surface area (Å²) in [7, 11) is 1.90. The molecule has 2 heterocycles. The number of anilines is 3. The van der Waals surface area contributed by atoms with Gasteiger partial charge in [-0.05, 0) is 25.2 Å². The molecule has 0 radical (unpaired) electrons. The largest absolute Gasteiger partial charge is 0.573 e. The van der Waals surface area contributed by atoms with Crippen molar-refractivity contribution >= 4 is 17.3 Å². The highest BCUT2D eigenvalue weighted by Crippen LogP contribution is 2.35. The average molecular weight is 401 g/mol. The first kappa shape index (κ1) is 20.1. The van der Waals surface area contributed by atoms with Gasteiger partial charge in [-0.1, -0.05) is 0 Å². The molecule has 0 aliphatic carbocycles. The van der Waals surface area contributed by atoms with Gasteiger partial charge in [0, 0.05) is 25.3 Å². The van der Waals surface area contributed by atoms with Gasteiger partial charge in [-0.3, -0.25) is 4.90 Å². The van der Waals surface area contributed by atoms with Crippen LogP contribution in [0, 0.1) is 5.82 Å². The molecule has 1 aliphatic rings. The van der Waals surface area contributed by atoms with E-state index >= 15 is 0 Å². The van der Waals surface area contributed by atoms with Gasteiger partial charge in [0.15, 0.2) is 11.6 Å². The van der Waals surface area contributed by atoms with Crippen molar-refractivity contribution in [2.75, 3.05) is 43.5 Å². The number of aliphatic hydroxyl groups is 1. The molecule has 1 aliphatic heterocycles. The maximum absolute atomic E-state index is 13.0. The Labute approximate surface area is 158 Å². The number of rotatable bonds is 5. The number of likely N-dealkylation sites (N-methyl/N-ethyl adjacent to an activating group) is 1. The molecule has 2 aromatic rings. The Hall–Kier alpha value is -2.66. The number of hydrogen-bond donors (Lipinski definition) is 2. The number of aliphatic hydroxyl groups excluding tert-OH is 1. The second-order valence-corrected chi connectivity index (χ2v) is 6.34. The number of halogens is 4. The van der Waals surface area contributed by atoms with Gasteiger partial charge in [-0.25, -0.2) is 14.4 Å². The molecule has 1 unspecified atom stereocenters. The lowest BCUT2D eigenvalue weighted by Crippen LogP contribution is -2.53. The summed E-state index contributed by atoms with van der Waals surface area (Å²) >= 11 is 0. The molecule has 28 heavy (non-hydrogen) atoms. The van der Waals surface area contributed by atoms with Gasteiger partial charge in [0.05, 0.1) is 30.7 Å². The highest BCUT2D eigenvalue weighted by Gasteiger charge is 2.33. The predicted molar refractivity (Wildman–Crippen MR) is 94.1 cm³/mol. The summed E-state index contributed by atoms with van der Waals surface area (Å²) < 4.78 is 55.3. The normalized spacial score (nSPS) is 18.2. The maximum atomic E-state index is 13.0. The molecular formula is C17H19F4N5O2. The smallest absolute Gasteiger partial charge is 0.404 e. The average Bonchev–Trinajstić information content (AvgIpc) is 2.64. The first-order chi connectivity index (χ1) is 13.2. The van der Waals surface area contributed by atoms with Crippen LogP contribution in [-0.2, 0) is 0 Å². The maximum Gasteiger partial charge on any atom is 0.573 e. The third kappa shape index (κ3) is 4.98. The van der Waals surface area contributed by atoms with Crippen molar-refractivity contribution in [2.45, 2.75) is 12.4 Å². The van der Waals surface area contributed by atoms with Crippen molar-refractivity contribution in [1.29, 1.82) is 0 Å². The van der Waals surface area contributed by atoms with Gasteiger partial charge in [-0.15, -0.1) is 13.2 Å². The van der Waals surface area contributed by atoms with Crippen LogP contribution in [0.25, 0.3) is 0 Å². The number of ether oxygens (including phenoxy) is 1. The molecule has 7 nitrogen and oxygen atoms in total. The van der Waals surface area contributed by atoms with Crippen LogP contribution in [0.15, 0.2) is 30.6 Å². The number of aromatic nitrogens is 2. The van der Waals surface area contributed by atoms with Crippen LogP contribution in [0.1, 0.15) is 0 Å². The van der Waals surface area contributed by atoms with Crippen LogP contribution in [0.2, 0.25) is 0 Å². The van der Waals surface area contributed by atoms with Crippen molar-refractivity contribution in [1.82, 2.24) is 14.9 Å². The van der Waals surface area contributed by atoms with Gasteiger partial charge >= 0.3 is 6.36 Å². The summed E-state index contributed by atoms with van der Waals surface area (Å²) in [4.78, 5) is 11.4. The molecule has 152 valence electrons. The highest BCUT2D eigenvalue weighted by molar-refractivity contribution is 5.69. The van der Waals surface area contributed by atoms with E-state index in [1.165, 1.54) is 18.2 Å². The third-order valence-electron chi connectivity index (χ3n) is 4.41. The lowest BCUT2D eigenvalue weighted by atomic mass is 10.1. The van der Waals surface area contributed by atoms with E-state index in [0.717, 1.165) is 12.4 Å². The molecule has 0 bridgehead atoms. The minimum atomic E-state index is -4.88. The number of alkyl halides is 3. The first-order valence-electron chi connectivity index (χ1n) is 8.45. The van der Waals surface area contributed by atoms with Crippen LogP contribution in [0.3, 0.4) is 0 Å². The van der Waals surface area contributed by atoms with E-state index in [2.05, 4.69) is 20.0 Å². The second kappa shape index (κ2) is 8.15. The number of hydrogen-bond acceptors (Lipinski definition) is 7. The zero-order valence-corrected chi connectivity index (χ0v) is 14.9. The van der Waals surface area contributed by atoms with E-state index in [1.54, 1.807) is 0 Å². The lowest BCUT2D eigenvalue weighted by Gasteiger charge is -2.40. The van der Waals surface area contributed by atoms with E-state index in [9.17, 15) is 22.7 Å². The van der Waals surface area contributed by atoms with Crippen LogP contribution >= 0.6 is 0 Å². The molecule has 1 aromatic heterocycles. The molecule has 2 N–H and O–H groups in total. The molecule has 1 saturated heterocycles. The van der Waals surface area contributed by atoms with Crippen molar-refractivity contribution in [3.8, 4) is 5.75 Å². The van der Waals surface area contributed by atoms with Gasteiger partial charge in [0.25, 0.3) is 0 Å². The van der Waals surface area contributed by atoms with Crippen molar-refractivity contribution in [3.63, 3.8) is 0 Å². The van der Waals surface area contributed by atoms with E-state index in [1.807, 2.05) is 16.8 Å². The summed E-state index contributed by atoms with van der Waals surface area (Å²) in [5, 5.41) is 12.1. The Bertz CT molecular complexity index is 803. The summed E-state index contributed by atoms with van der Waals surface area (Å²) in [6.07, 6.45) is -3.08. The zero-order valence-electron chi connectivity index (χ0n) is 14.9. The molecule has 1 aromatic carbocycles. The number of nitrogens with one attached hydrogen (secondary N) is 1. The van der Waals surface area contributed by atoms with Gasteiger partial charge in [0.1, 0.15) is 0 Å². The molecule has 3 rings (SSSR count). The molecule has 1 fully saturated rings. The quantitative estimate of drug-likeness (QED) is 0.746. The molecule has 0 amide bonds. The minimum absolute atomic E-state index is 0.0130. The minimum Gasteiger partial charge on any atom is -0.404 e. The van der Waals surface area contributed by atoms with Crippen LogP contribution in [0.5, 0.6) is 5.75 Å². The van der Waals surface area contributed by atoms with E-state index in [0.29, 0.717) is 25.3 Å². The summed E-state index contributed by atoms with van der Waals surface area (Å²) in [6.45, 7) is 1.81. The Kier molecular flexibility index (Phi) is 5.84. The summed E-state index contributed by atoms with van der Waals surface area (Å²) in [5.74, 6) is -1.20. The van der Waals surface area contributed by atoms with Crippen molar-refractivity contribution in [3.05, 3.63) is 36.4 Å². The number of benzene rings is 1. The van der Waals surface area contributed by atoms with Crippen molar-refractivity contribution < 1.29 is 27.4 Å². The monoisotopic (exact) mass is 401 g/mol. The predicted octanol–water partition coefficient (Wildman–Crippen LogP) is 2.37. The molecule has 11 heteroatoms. The Morgan fingerprint density at radius 3 is 2.61 bits per heavy atom. The van der Waals surface area contributed by atoms with E-state index in [-0.39, 0.29) is 24.3 Å². The van der Waals surface area contributed by atoms with Gasteiger partial charge in [0.2, 0.25) is 5.95 Å². The third-order valence-corrected chi connectivity index (χ3v) is 4.41. The zero-order chi connectivity index (χ0) is 20.3. The molecule has 0 saturated carbocycles. The fourth-order valence-electron chi connectivity index (χ4n) is 2.90. The summed E-state index contributed by atoms with van der Waals surface area (Å²) in [5.41, 5.74) is 0.631. The highest BCUT2D eigenvalue weighted by atomic mass is 19.4. The molecule has 1 atom stereocenters. The fourth-order valence-corrected chi connectivity index (χ4v) is 2.90. The first-order valence-corrected chi connectivity index (χ1v) is 8.45. The number of piperazine rings is 1. The molecular weight excluding hydrogens is 382 g/mol. The van der Waals surface area contributed by atoms with Crippen LogP contribution in [0.4, 0.5) is 34.9 Å².